The number of carbonyl (C=O) groups excluding carboxylic acids is 1. The molecule has 1 aliphatic heterocycles. The molecule has 2 aromatic carbocycles. The fourth-order valence-electron chi connectivity index (χ4n) is 3.75. The molecule has 0 radical (unpaired) electrons. The molecule has 194 valence electrons. The van der Waals surface area contributed by atoms with E-state index in [1.54, 1.807) is 25.3 Å². The molecule has 4 rings (SSSR count). The second-order valence-corrected chi connectivity index (χ2v) is 8.20. The summed E-state index contributed by atoms with van der Waals surface area (Å²) in [5, 5.41) is 7.54. The molecule has 2 heterocycles. The van der Waals surface area contributed by atoms with Gasteiger partial charge in [0.15, 0.2) is 18.1 Å². The number of nitrogens with one attached hydrogen (secondary N) is 2. The molecule has 0 saturated carbocycles. The lowest BCUT2D eigenvalue weighted by molar-refractivity contribution is -0.145. The van der Waals surface area contributed by atoms with Gasteiger partial charge in [-0.1, -0.05) is 18.2 Å². The number of rotatable bonds is 11. The Morgan fingerprint density at radius 2 is 1.81 bits per heavy atom. The molecule has 1 aromatic heterocycles. The average molecular weight is 506 g/mol. The third-order valence-corrected chi connectivity index (χ3v) is 5.51. The number of nitrogens with zero attached hydrogens (tertiary/aromatic N) is 5. The van der Waals surface area contributed by atoms with Gasteiger partial charge in [-0.2, -0.15) is 20.1 Å². The summed E-state index contributed by atoms with van der Waals surface area (Å²) in [5.74, 6) is 1.79. The number of esters is 1. The van der Waals surface area contributed by atoms with E-state index in [0.717, 1.165) is 37.2 Å². The monoisotopic (exact) mass is 505 g/mol. The molecule has 11 nitrogen and oxygen atoms in total. The van der Waals surface area contributed by atoms with E-state index >= 15 is 0 Å². The van der Waals surface area contributed by atoms with E-state index in [9.17, 15) is 4.79 Å². The van der Waals surface area contributed by atoms with E-state index in [0.29, 0.717) is 29.3 Å². The van der Waals surface area contributed by atoms with Gasteiger partial charge in [-0.05, 0) is 62.1 Å². The van der Waals surface area contributed by atoms with Crippen molar-refractivity contribution in [1.82, 2.24) is 15.0 Å². The van der Waals surface area contributed by atoms with Crippen LogP contribution >= 0.6 is 0 Å². The average Bonchev–Trinajstić information content (AvgIpc) is 2.93. The lowest BCUT2D eigenvalue weighted by atomic mass is 10.1. The van der Waals surface area contributed by atoms with Crippen molar-refractivity contribution in [3.05, 3.63) is 54.1 Å². The van der Waals surface area contributed by atoms with Crippen LogP contribution < -0.4 is 25.1 Å². The Labute approximate surface area is 215 Å². The summed E-state index contributed by atoms with van der Waals surface area (Å²) in [6, 6.07) is 15.0. The zero-order chi connectivity index (χ0) is 25.9. The van der Waals surface area contributed by atoms with Gasteiger partial charge in [0.2, 0.25) is 17.8 Å². The van der Waals surface area contributed by atoms with Crippen molar-refractivity contribution >= 4 is 35.7 Å². The number of piperidine rings is 1. The molecular weight excluding hydrogens is 474 g/mol. The highest BCUT2D eigenvalue weighted by Gasteiger charge is 2.16. The first-order valence-electron chi connectivity index (χ1n) is 12.2. The molecule has 1 aliphatic rings. The van der Waals surface area contributed by atoms with Crippen LogP contribution in [0.1, 0.15) is 31.7 Å². The van der Waals surface area contributed by atoms with Crippen molar-refractivity contribution in [2.75, 3.05) is 49.1 Å². The Kier molecular flexibility index (Phi) is 9.06. The second kappa shape index (κ2) is 13.1. The summed E-state index contributed by atoms with van der Waals surface area (Å²) in [7, 11) is 1.53. The van der Waals surface area contributed by atoms with Crippen LogP contribution in [0.3, 0.4) is 0 Å². The lowest BCUT2D eigenvalue weighted by Crippen LogP contribution is -2.31. The zero-order valence-electron chi connectivity index (χ0n) is 21.0. The van der Waals surface area contributed by atoms with Crippen LogP contribution in [0.4, 0.5) is 23.5 Å². The van der Waals surface area contributed by atoms with Crippen molar-refractivity contribution in [3.63, 3.8) is 0 Å². The fourth-order valence-corrected chi connectivity index (χ4v) is 3.75. The normalized spacial score (nSPS) is 13.3. The predicted octanol–water partition coefficient (Wildman–Crippen LogP) is 4.00. The first-order chi connectivity index (χ1) is 18.1. The Morgan fingerprint density at radius 1 is 1.03 bits per heavy atom. The summed E-state index contributed by atoms with van der Waals surface area (Å²) < 4.78 is 15.8. The van der Waals surface area contributed by atoms with Gasteiger partial charge in [0, 0.05) is 18.8 Å². The van der Waals surface area contributed by atoms with Crippen LogP contribution in [0.25, 0.3) is 0 Å². The maximum absolute atomic E-state index is 11.7. The topological polar surface area (TPSA) is 123 Å². The first kappa shape index (κ1) is 25.7. The van der Waals surface area contributed by atoms with Gasteiger partial charge in [-0.25, -0.2) is 10.2 Å². The zero-order valence-corrected chi connectivity index (χ0v) is 21.0. The minimum atomic E-state index is -0.454. The molecular formula is C26H31N7O4. The van der Waals surface area contributed by atoms with Crippen LogP contribution in [0.5, 0.6) is 11.5 Å². The third-order valence-electron chi connectivity index (χ3n) is 5.51. The molecule has 0 spiro atoms. The van der Waals surface area contributed by atoms with Gasteiger partial charge >= 0.3 is 5.97 Å². The van der Waals surface area contributed by atoms with Gasteiger partial charge in [0.1, 0.15) is 0 Å². The van der Waals surface area contributed by atoms with Crippen molar-refractivity contribution in [2.24, 2.45) is 5.10 Å². The van der Waals surface area contributed by atoms with Crippen LogP contribution in [0.2, 0.25) is 0 Å². The fraction of sp³-hybridized carbons (Fsp3) is 0.346. The molecule has 0 atom stereocenters. The summed E-state index contributed by atoms with van der Waals surface area (Å²) in [6.07, 6.45) is 5.02. The number of aromatic nitrogens is 3. The minimum Gasteiger partial charge on any atom is -0.493 e. The van der Waals surface area contributed by atoms with Gasteiger partial charge in [-0.15, -0.1) is 0 Å². The molecule has 2 N–H and O–H groups in total. The quantitative estimate of drug-likeness (QED) is 0.224. The SMILES string of the molecule is CCOC(=O)COc1cc(/C=N/Nc2nc(Nc3ccccc3)nc(N3CCCCC3)n2)ccc1OC. The Balaban J connectivity index is 1.50. The Bertz CT molecular complexity index is 1200. The molecule has 0 unspecified atom stereocenters. The highest BCUT2D eigenvalue weighted by atomic mass is 16.6. The highest BCUT2D eigenvalue weighted by molar-refractivity contribution is 5.81. The minimum absolute atomic E-state index is 0.218. The number of benzene rings is 2. The maximum Gasteiger partial charge on any atom is 0.344 e. The predicted molar refractivity (Wildman–Crippen MR) is 142 cm³/mol. The summed E-state index contributed by atoms with van der Waals surface area (Å²) in [6.45, 7) is 3.61. The lowest BCUT2D eigenvalue weighted by Gasteiger charge is -2.26. The van der Waals surface area contributed by atoms with Crippen molar-refractivity contribution in [2.45, 2.75) is 26.2 Å². The second-order valence-electron chi connectivity index (χ2n) is 8.20. The van der Waals surface area contributed by atoms with E-state index < -0.39 is 5.97 Å². The van der Waals surface area contributed by atoms with Gasteiger partial charge in [-0.3, -0.25) is 0 Å². The van der Waals surface area contributed by atoms with Crippen molar-refractivity contribution in [1.29, 1.82) is 0 Å². The number of hydrazone groups is 1. The largest absolute Gasteiger partial charge is 0.493 e. The molecule has 3 aromatic rings. The molecule has 0 amide bonds. The molecule has 0 aliphatic carbocycles. The Hall–Kier alpha value is -4.41. The van der Waals surface area contributed by atoms with E-state index in [1.165, 1.54) is 13.5 Å². The Morgan fingerprint density at radius 3 is 2.57 bits per heavy atom. The van der Waals surface area contributed by atoms with E-state index in [-0.39, 0.29) is 13.2 Å². The van der Waals surface area contributed by atoms with Crippen molar-refractivity contribution in [3.8, 4) is 11.5 Å². The summed E-state index contributed by atoms with van der Waals surface area (Å²) in [4.78, 5) is 27.5. The van der Waals surface area contributed by atoms with Crippen LogP contribution in [-0.4, -0.2) is 60.5 Å². The van der Waals surface area contributed by atoms with Gasteiger partial charge in [0.25, 0.3) is 0 Å². The van der Waals surface area contributed by atoms with Gasteiger partial charge < -0.3 is 24.4 Å². The number of para-hydroxylation sites is 1. The van der Waals surface area contributed by atoms with E-state index in [1.807, 2.05) is 36.4 Å². The highest BCUT2D eigenvalue weighted by Crippen LogP contribution is 2.27. The maximum atomic E-state index is 11.7. The number of methoxy groups -OCH3 is 1. The standard InChI is InChI=1S/C26H31N7O4/c1-3-36-23(34)18-37-22-16-19(12-13-21(22)35-2)17-27-32-25-29-24(28-20-10-6-4-7-11-20)30-26(31-25)33-14-8-5-9-15-33/h4,6-7,10-13,16-17H,3,5,8-9,14-15,18H2,1-2H3,(H2,28,29,30,31,32)/b27-17+. The molecule has 11 heteroatoms. The van der Waals surface area contributed by atoms with E-state index in [4.69, 9.17) is 14.2 Å². The van der Waals surface area contributed by atoms with Crippen LogP contribution in [0, 0.1) is 0 Å². The van der Waals surface area contributed by atoms with Gasteiger partial charge in [0.05, 0.1) is 19.9 Å². The number of hydrogen-bond acceptors (Lipinski definition) is 11. The van der Waals surface area contributed by atoms with E-state index in [2.05, 4.69) is 35.7 Å². The molecule has 1 fully saturated rings. The van der Waals surface area contributed by atoms with Crippen LogP contribution in [0.15, 0.2) is 53.6 Å². The smallest absolute Gasteiger partial charge is 0.344 e. The molecule has 0 bridgehead atoms. The third kappa shape index (κ3) is 7.53. The van der Waals surface area contributed by atoms with Crippen LogP contribution in [-0.2, 0) is 9.53 Å². The first-order valence-corrected chi connectivity index (χ1v) is 12.2. The number of anilines is 4. The number of hydrogen-bond donors (Lipinski definition) is 2. The number of ether oxygens (including phenoxy) is 3. The summed E-state index contributed by atoms with van der Waals surface area (Å²) in [5.41, 5.74) is 4.51. The molecule has 37 heavy (non-hydrogen) atoms. The summed E-state index contributed by atoms with van der Waals surface area (Å²) >= 11 is 0. The molecule has 1 saturated heterocycles. The van der Waals surface area contributed by atoms with Crippen molar-refractivity contribution < 1.29 is 19.0 Å². The number of carbonyl (C=O) groups is 1.